The number of carbonyl (C=O) groups is 1. The van der Waals surface area contributed by atoms with Crippen LogP contribution in [0.3, 0.4) is 0 Å². The number of hydrogen-bond donors (Lipinski definition) is 0. The van der Waals surface area contributed by atoms with E-state index in [2.05, 4.69) is 21.0 Å². The number of aryl methyl sites for hydroxylation is 1. The first kappa shape index (κ1) is 15.7. The van der Waals surface area contributed by atoms with Gasteiger partial charge >= 0.3 is 0 Å². The minimum Gasteiger partial charge on any atom is -0.496 e. The van der Waals surface area contributed by atoms with E-state index in [1.165, 1.54) is 0 Å². The van der Waals surface area contributed by atoms with Gasteiger partial charge in [-0.05, 0) is 40.5 Å². The van der Waals surface area contributed by atoms with Crippen molar-refractivity contribution in [3.8, 4) is 5.75 Å². The number of hydrogen-bond acceptors (Lipinski definition) is 4. The monoisotopic (exact) mass is 352 g/mol. The molecule has 0 fully saturated rings. The maximum absolute atomic E-state index is 12.8. The molecule has 0 amide bonds. The molecule has 5 nitrogen and oxygen atoms in total. The van der Waals surface area contributed by atoms with Crippen molar-refractivity contribution in [3.05, 3.63) is 45.7 Å². The molecule has 1 aromatic carbocycles. The lowest BCUT2D eigenvalue weighted by Crippen LogP contribution is -2.15. The number of ether oxygens (including phenoxy) is 2. The molecule has 2 aromatic rings. The van der Waals surface area contributed by atoms with Crippen molar-refractivity contribution >= 4 is 21.7 Å². The number of ketones is 1. The zero-order chi connectivity index (χ0) is 15.4. The molecule has 0 bridgehead atoms. The number of benzene rings is 1. The fourth-order valence-electron chi connectivity index (χ4n) is 2.05. The molecule has 0 unspecified atom stereocenters. The predicted molar refractivity (Wildman–Crippen MR) is 83.0 cm³/mol. The highest BCUT2D eigenvalue weighted by Crippen LogP contribution is 2.26. The summed E-state index contributed by atoms with van der Waals surface area (Å²) in [6.07, 6.45) is 1.61. The number of aromatic nitrogens is 2. The van der Waals surface area contributed by atoms with E-state index in [0.717, 1.165) is 5.56 Å². The molecule has 0 N–H and O–H groups in total. The number of halogens is 1. The highest BCUT2D eigenvalue weighted by Gasteiger charge is 2.21. The van der Waals surface area contributed by atoms with Crippen LogP contribution in [0.1, 0.15) is 21.6 Å². The molecule has 0 saturated carbocycles. The molecule has 0 aliphatic heterocycles. The van der Waals surface area contributed by atoms with E-state index >= 15 is 0 Å². The molecule has 1 aromatic heterocycles. The van der Waals surface area contributed by atoms with Crippen molar-refractivity contribution in [1.82, 2.24) is 9.78 Å². The van der Waals surface area contributed by atoms with Crippen molar-refractivity contribution < 1.29 is 14.3 Å². The fourth-order valence-corrected chi connectivity index (χ4v) is 2.53. The average molecular weight is 353 g/mol. The third-order valence-corrected chi connectivity index (χ3v) is 3.70. The SMILES string of the molecule is COCCn1ncc(Br)c1C(=O)c1ccc(C)cc1OC. The fraction of sp³-hybridized carbons (Fsp3) is 0.333. The van der Waals surface area contributed by atoms with Gasteiger partial charge in [-0.15, -0.1) is 0 Å². The van der Waals surface area contributed by atoms with E-state index in [9.17, 15) is 4.79 Å². The lowest BCUT2D eigenvalue weighted by Gasteiger charge is -2.11. The number of methoxy groups -OCH3 is 2. The largest absolute Gasteiger partial charge is 0.496 e. The second-order valence-electron chi connectivity index (χ2n) is 4.59. The lowest BCUT2D eigenvalue weighted by molar-refractivity contribution is 0.102. The summed E-state index contributed by atoms with van der Waals surface area (Å²) in [6.45, 7) is 2.95. The summed E-state index contributed by atoms with van der Waals surface area (Å²) < 4.78 is 12.7. The maximum atomic E-state index is 12.8. The van der Waals surface area contributed by atoms with Crippen molar-refractivity contribution in [1.29, 1.82) is 0 Å². The molecule has 2 rings (SSSR count). The van der Waals surface area contributed by atoms with Gasteiger partial charge in [0.2, 0.25) is 5.78 Å². The minimum atomic E-state index is -0.132. The quantitative estimate of drug-likeness (QED) is 0.750. The van der Waals surface area contributed by atoms with E-state index in [0.29, 0.717) is 34.6 Å². The Morgan fingerprint density at radius 2 is 2.14 bits per heavy atom. The highest BCUT2D eigenvalue weighted by molar-refractivity contribution is 9.10. The third kappa shape index (κ3) is 3.33. The van der Waals surface area contributed by atoms with Gasteiger partial charge in [0.25, 0.3) is 0 Å². The standard InChI is InChI=1S/C15H17BrN2O3/c1-10-4-5-11(13(8-10)21-3)15(19)14-12(16)9-17-18(14)6-7-20-2/h4-5,8-9H,6-7H2,1-3H3. The number of rotatable bonds is 6. The Morgan fingerprint density at radius 1 is 1.38 bits per heavy atom. The van der Waals surface area contributed by atoms with Crippen molar-refractivity contribution in [2.75, 3.05) is 20.8 Å². The molecule has 0 saturated heterocycles. The molecular weight excluding hydrogens is 336 g/mol. The van der Waals surface area contributed by atoms with Gasteiger partial charge in [-0.2, -0.15) is 5.10 Å². The molecule has 0 radical (unpaired) electrons. The smallest absolute Gasteiger partial charge is 0.215 e. The van der Waals surface area contributed by atoms with Gasteiger partial charge < -0.3 is 9.47 Å². The number of carbonyl (C=O) groups excluding carboxylic acids is 1. The van der Waals surface area contributed by atoms with Gasteiger partial charge in [0.15, 0.2) is 0 Å². The summed E-state index contributed by atoms with van der Waals surface area (Å²) in [4.78, 5) is 12.8. The molecule has 0 aliphatic rings. The predicted octanol–water partition coefficient (Wildman–Crippen LogP) is 2.84. The van der Waals surface area contributed by atoms with E-state index in [1.54, 1.807) is 31.2 Å². The highest BCUT2D eigenvalue weighted by atomic mass is 79.9. The summed E-state index contributed by atoms with van der Waals surface area (Å²) in [7, 11) is 3.17. The molecule has 1 heterocycles. The van der Waals surface area contributed by atoms with Gasteiger partial charge in [0.05, 0.1) is 36.5 Å². The molecule has 0 spiro atoms. The van der Waals surface area contributed by atoms with Crippen LogP contribution >= 0.6 is 15.9 Å². The summed E-state index contributed by atoms with van der Waals surface area (Å²) in [5, 5.41) is 4.20. The molecule has 112 valence electrons. The lowest BCUT2D eigenvalue weighted by atomic mass is 10.0. The van der Waals surface area contributed by atoms with Crippen molar-refractivity contribution in [2.45, 2.75) is 13.5 Å². The number of nitrogens with zero attached hydrogens (tertiary/aromatic N) is 2. The van der Waals surface area contributed by atoms with Gasteiger partial charge in [-0.25, -0.2) is 0 Å². The summed E-state index contributed by atoms with van der Waals surface area (Å²) >= 11 is 3.38. The van der Waals surface area contributed by atoms with Gasteiger partial charge in [-0.3, -0.25) is 9.48 Å². The van der Waals surface area contributed by atoms with Crippen molar-refractivity contribution in [2.24, 2.45) is 0 Å². The Labute approximate surface area is 132 Å². The van der Waals surface area contributed by atoms with Gasteiger partial charge in [0.1, 0.15) is 11.4 Å². The van der Waals surface area contributed by atoms with E-state index in [4.69, 9.17) is 9.47 Å². The molecule has 21 heavy (non-hydrogen) atoms. The summed E-state index contributed by atoms with van der Waals surface area (Å²) in [5.74, 6) is 0.429. The zero-order valence-electron chi connectivity index (χ0n) is 12.2. The Balaban J connectivity index is 2.43. The Bertz CT molecular complexity index is 652. The second kappa shape index (κ2) is 6.87. The Hall–Kier alpha value is -1.66. The second-order valence-corrected chi connectivity index (χ2v) is 5.44. The Morgan fingerprint density at radius 3 is 2.81 bits per heavy atom. The van der Waals surface area contributed by atoms with Crippen molar-refractivity contribution in [3.63, 3.8) is 0 Å². The normalized spacial score (nSPS) is 10.7. The summed E-state index contributed by atoms with van der Waals surface area (Å²) in [6, 6.07) is 5.51. The minimum absolute atomic E-state index is 0.132. The van der Waals surface area contributed by atoms with Crippen LogP contribution in [0.5, 0.6) is 5.75 Å². The molecule has 6 heteroatoms. The van der Waals surface area contributed by atoms with E-state index < -0.39 is 0 Å². The first-order chi connectivity index (χ1) is 10.1. The van der Waals surface area contributed by atoms with Crippen LogP contribution in [-0.2, 0) is 11.3 Å². The van der Waals surface area contributed by atoms with Gasteiger partial charge in [-0.1, -0.05) is 6.07 Å². The van der Waals surface area contributed by atoms with Crippen LogP contribution in [0.25, 0.3) is 0 Å². The van der Waals surface area contributed by atoms with Crippen LogP contribution in [0, 0.1) is 6.92 Å². The van der Waals surface area contributed by atoms with E-state index in [1.807, 2.05) is 19.1 Å². The van der Waals surface area contributed by atoms with E-state index in [-0.39, 0.29) is 5.78 Å². The molecular formula is C15H17BrN2O3. The first-order valence-electron chi connectivity index (χ1n) is 6.48. The topological polar surface area (TPSA) is 53.4 Å². The van der Waals surface area contributed by atoms with Crippen LogP contribution in [0.2, 0.25) is 0 Å². The third-order valence-electron chi connectivity index (χ3n) is 3.12. The average Bonchev–Trinajstić information content (AvgIpc) is 2.85. The van der Waals surface area contributed by atoms with Crippen LogP contribution in [0.15, 0.2) is 28.9 Å². The summed E-state index contributed by atoms with van der Waals surface area (Å²) in [5.41, 5.74) is 2.05. The molecule has 0 atom stereocenters. The zero-order valence-corrected chi connectivity index (χ0v) is 13.8. The van der Waals surface area contributed by atoms with Crippen LogP contribution < -0.4 is 4.74 Å². The molecule has 0 aliphatic carbocycles. The van der Waals surface area contributed by atoms with Crippen LogP contribution in [0.4, 0.5) is 0 Å². The van der Waals surface area contributed by atoms with Gasteiger partial charge in [0, 0.05) is 7.11 Å². The van der Waals surface area contributed by atoms with Crippen LogP contribution in [-0.4, -0.2) is 36.4 Å². The maximum Gasteiger partial charge on any atom is 0.215 e. The first-order valence-corrected chi connectivity index (χ1v) is 7.27. The Kier molecular flexibility index (Phi) is 5.14.